The molecule has 0 bridgehead atoms. The molecule has 0 rings (SSSR count). The van der Waals surface area contributed by atoms with Crippen molar-refractivity contribution in [3.05, 3.63) is 10.4 Å². The van der Waals surface area contributed by atoms with E-state index in [2.05, 4.69) is 14.2 Å². The molecule has 0 unspecified atom stereocenters. The van der Waals surface area contributed by atoms with Gasteiger partial charge in [0.15, 0.2) is 0 Å². The highest BCUT2D eigenvalue weighted by Crippen LogP contribution is 2.10. The fraction of sp³-hybridized carbons (Fsp3) is 1.00. The van der Waals surface area contributed by atoms with Crippen LogP contribution in [0.5, 0.6) is 0 Å². The fourth-order valence-corrected chi connectivity index (χ4v) is 2.37. The average molecular weight is 305 g/mol. The van der Waals surface area contributed by atoms with E-state index in [0.29, 0.717) is 13.2 Å². The monoisotopic (exact) mass is 305 g/mol. The molecule has 0 saturated carbocycles. The molecule has 0 aliphatic heterocycles. The summed E-state index contributed by atoms with van der Waals surface area (Å²) in [6.45, 7) is 0.927. The topological polar surface area (TPSA) is 92.1 Å². The second-order valence-corrected chi connectivity index (χ2v) is 6.66. The van der Waals surface area contributed by atoms with Crippen LogP contribution in [0.1, 0.15) is 64.2 Å². The van der Waals surface area contributed by atoms with Crippen LogP contribution in [0, 0.1) is 0 Å². The number of azide groups is 1. The number of nitrogens with zero attached hydrogens (tertiary/aromatic N) is 3. The van der Waals surface area contributed by atoms with Crippen LogP contribution in [0.15, 0.2) is 5.11 Å². The molecule has 6 nitrogen and oxygen atoms in total. The quantitative estimate of drug-likeness (QED) is 0.158. The summed E-state index contributed by atoms with van der Waals surface area (Å²) in [4.78, 5) is 2.72. The molecule has 0 heterocycles. The van der Waals surface area contributed by atoms with Crippen molar-refractivity contribution in [3.63, 3.8) is 0 Å². The van der Waals surface area contributed by atoms with Crippen molar-refractivity contribution < 1.29 is 12.6 Å². The van der Waals surface area contributed by atoms with E-state index in [9.17, 15) is 8.42 Å². The third-order valence-electron chi connectivity index (χ3n) is 3.01. The molecule has 0 aliphatic carbocycles. The van der Waals surface area contributed by atoms with Gasteiger partial charge in [-0.15, -0.1) is 0 Å². The molecule has 0 aromatic carbocycles. The molecule has 0 fully saturated rings. The minimum atomic E-state index is -3.27. The molecule has 0 aromatic heterocycles. The standard InChI is InChI=1S/C13H27N3O3S/c1-20(17,18)19-13-11-9-7-5-3-2-4-6-8-10-12-15-16-14/h2-13H2,1H3. The Bertz CT molecular complexity index is 365. The first kappa shape index (κ1) is 19.2. The van der Waals surface area contributed by atoms with E-state index in [-0.39, 0.29) is 0 Å². The predicted molar refractivity (Wildman–Crippen MR) is 81.0 cm³/mol. The zero-order valence-corrected chi connectivity index (χ0v) is 13.3. The van der Waals surface area contributed by atoms with Gasteiger partial charge < -0.3 is 0 Å². The van der Waals surface area contributed by atoms with Crippen LogP contribution >= 0.6 is 0 Å². The summed E-state index contributed by atoms with van der Waals surface area (Å²) in [6, 6.07) is 0. The number of hydrogen-bond acceptors (Lipinski definition) is 4. The van der Waals surface area contributed by atoms with Crippen molar-refractivity contribution in [1.82, 2.24) is 0 Å². The Morgan fingerprint density at radius 2 is 1.35 bits per heavy atom. The van der Waals surface area contributed by atoms with Crippen molar-refractivity contribution >= 4 is 10.1 Å². The van der Waals surface area contributed by atoms with Gasteiger partial charge >= 0.3 is 0 Å². The average Bonchev–Trinajstić information content (AvgIpc) is 2.38. The van der Waals surface area contributed by atoms with E-state index in [4.69, 9.17) is 5.53 Å². The Hall–Kier alpha value is -0.780. The molecule has 0 amide bonds. The summed E-state index contributed by atoms with van der Waals surface area (Å²) in [5, 5.41) is 3.50. The lowest BCUT2D eigenvalue weighted by Gasteiger charge is -2.03. The minimum absolute atomic E-state index is 0.310. The summed E-state index contributed by atoms with van der Waals surface area (Å²) >= 11 is 0. The van der Waals surface area contributed by atoms with Gasteiger partial charge in [0.1, 0.15) is 0 Å². The lowest BCUT2D eigenvalue weighted by Crippen LogP contribution is -2.03. The normalized spacial score (nSPS) is 11.2. The predicted octanol–water partition coefficient (Wildman–Crippen LogP) is 4.17. The Kier molecular flexibility index (Phi) is 12.7. The lowest BCUT2D eigenvalue weighted by molar-refractivity contribution is 0.309. The molecule has 0 atom stereocenters. The molecular weight excluding hydrogens is 278 g/mol. The maximum Gasteiger partial charge on any atom is 0.264 e. The summed E-state index contributed by atoms with van der Waals surface area (Å²) in [6.07, 6.45) is 12.4. The van der Waals surface area contributed by atoms with E-state index in [0.717, 1.165) is 38.4 Å². The Labute approximate surface area is 122 Å². The number of hydrogen-bond donors (Lipinski definition) is 0. The molecule has 0 radical (unpaired) electrons. The fourth-order valence-electron chi connectivity index (χ4n) is 1.95. The van der Waals surface area contributed by atoms with Crippen LogP contribution in [0.2, 0.25) is 0 Å². The summed E-state index contributed by atoms with van der Waals surface area (Å²) < 4.78 is 26.1. The first-order valence-corrected chi connectivity index (χ1v) is 9.23. The van der Waals surface area contributed by atoms with Gasteiger partial charge in [0, 0.05) is 11.5 Å². The first-order chi connectivity index (χ1) is 9.56. The van der Waals surface area contributed by atoms with Crippen LogP contribution in [0.25, 0.3) is 10.4 Å². The molecule has 0 N–H and O–H groups in total. The first-order valence-electron chi connectivity index (χ1n) is 7.41. The Morgan fingerprint density at radius 3 is 1.80 bits per heavy atom. The highest BCUT2D eigenvalue weighted by molar-refractivity contribution is 7.85. The highest BCUT2D eigenvalue weighted by Gasteiger charge is 2.00. The molecule has 0 spiro atoms. The Balaban J connectivity index is 3.08. The van der Waals surface area contributed by atoms with Gasteiger partial charge in [-0.1, -0.05) is 56.5 Å². The molecule has 0 saturated heterocycles. The molecule has 0 aromatic rings. The molecule has 118 valence electrons. The number of unbranched alkanes of at least 4 members (excludes halogenated alkanes) is 9. The summed E-state index contributed by atoms with van der Waals surface area (Å²) in [7, 11) is -3.27. The van der Waals surface area contributed by atoms with Gasteiger partial charge in [-0.2, -0.15) is 8.42 Å². The zero-order chi connectivity index (χ0) is 15.1. The largest absolute Gasteiger partial charge is 0.270 e. The van der Waals surface area contributed by atoms with Gasteiger partial charge in [-0.3, -0.25) is 4.18 Å². The van der Waals surface area contributed by atoms with E-state index >= 15 is 0 Å². The second kappa shape index (κ2) is 13.2. The van der Waals surface area contributed by atoms with Gasteiger partial charge in [0.2, 0.25) is 0 Å². The van der Waals surface area contributed by atoms with Crippen molar-refractivity contribution in [2.24, 2.45) is 5.11 Å². The van der Waals surface area contributed by atoms with Crippen LogP contribution in [-0.2, 0) is 14.3 Å². The van der Waals surface area contributed by atoms with E-state index in [1.807, 2.05) is 0 Å². The molecule has 7 heteroatoms. The van der Waals surface area contributed by atoms with E-state index in [1.165, 1.54) is 32.1 Å². The van der Waals surface area contributed by atoms with Crippen LogP contribution in [0.3, 0.4) is 0 Å². The second-order valence-electron chi connectivity index (χ2n) is 5.02. The van der Waals surface area contributed by atoms with Crippen LogP contribution < -0.4 is 0 Å². The summed E-state index contributed by atoms with van der Waals surface area (Å²) in [5.41, 5.74) is 8.10. The smallest absolute Gasteiger partial charge is 0.264 e. The van der Waals surface area contributed by atoms with Crippen LogP contribution in [0.4, 0.5) is 0 Å². The zero-order valence-electron chi connectivity index (χ0n) is 12.5. The van der Waals surface area contributed by atoms with Gasteiger partial charge in [-0.05, 0) is 18.4 Å². The van der Waals surface area contributed by atoms with Crippen molar-refractivity contribution in [3.8, 4) is 0 Å². The molecule has 0 aliphatic rings. The third kappa shape index (κ3) is 17.2. The highest BCUT2D eigenvalue weighted by atomic mass is 32.2. The van der Waals surface area contributed by atoms with Crippen molar-refractivity contribution in [2.75, 3.05) is 19.4 Å². The maximum absolute atomic E-state index is 10.7. The number of rotatable bonds is 14. The minimum Gasteiger partial charge on any atom is -0.270 e. The van der Waals surface area contributed by atoms with Gasteiger partial charge in [0.25, 0.3) is 10.1 Å². The molecular formula is C13H27N3O3S. The van der Waals surface area contributed by atoms with Crippen molar-refractivity contribution in [1.29, 1.82) is 0 Å². The van der Waals surface area contributed by atoms with Gasteiger partial charge in [-0.25, -0.2) is 0 Å². The third-order valence-corrected chi connectivity index (χ3v) is 3.61. The summed E-state index contributed by atoms with van der Waals surface area (Å²) in [5.74, 6) is 0. The SMILES string of the molecule is CS(=O)(=O)OCCCCCCCCCCCCN=[N+]=[N-]. The maximum atomic E-state index is 10.7. The lowest BCUT2D eigenvalue weighted by atomic mass is 10.1. The van der Waals surface area contributed by atoms with Crippen molar-refractivity contribution in [2.45, 2.75) is 64.2 Å². The van der Waals surface area contributed by atoms with Gasteiger partial charge in [0.05, 0.1) is 12.9 Å². The van der Waals surface area contributed by atoms with E-state index < -0.39 is 10.1 Å². The Morgan fingerprint density at radius 1 is 0.900 bits per heavy atom. The van der Waals surface area contributed by atoms with Crippen LogP contribution in [-0.4, -0.2) is 27.8 Å². The molecule has 20 heavy (non-hydrogen) atoms. The van der Waals surface area contributed by atoms with E-state index in [1.54, 1.807) is 0 Å².